The van der Waals surface area contributed by atoms with Crippen LogP contribution in [0.15, 0.2) is 48.5 Å². The first-order valence-corrected chi connectivity index (χ1v) is 10.2. The lowest BCUT2D eigenvalue weighted by Gasteiger charge is -2.23. The van der Waals surface area contributed by atoms with Crippen LogP contribution in [-0.2, 0) is 6.54 Å². The summed E-state index contributed by atoms with van der Waals surface area (Å²) in [6.07, 6.45) is 5.48. The molecule has 1 aliphatic carbocycles. The van der Waals surface area contributed by atoms with Gasteiger partial charge in [-0.1, -0.05) is 30.7 Å². The van der Waals surface area contributed by atoms with Crippen LogP contribution in [-0.4, -0.2) is 30.9 Å². The third kappa shape index (κ3) is 6.68. The summed E-state index contributed by atoms with van der Waals surface area (Å²) in [5.41, 5.74) is 1.67. The van der Waals surface area contributed by atoms with Crippen LogP contribution < -0.4 is 20.1 Å². The minimum absolute atomic E-state index is 0.115. The highest BCUT2D eigenvalue weighted by Crippen LogP contribution is 2.24. The van der Waals surface area contributed by atoms with Crippen LogP contribution in [0.5, 0.6) is 11.5 Å². The summed E-state index contributed by atoms with van der Waals surface area (Å²) in [5, 5.41) is 15.8. The number of nitrogens with one attached hydrogen (secondary N) is 2. The predicted octanol–water partition coefficient (Wildman–Crippen LogP) is 3.94. The molecule has 3 N–H and O–H groups in total. The molecule has 0 radical (unpaired) electrons. The maximum atomic E-state index is 12.1. The Kier molecular flexibility index (Phi) is 7.76. The number of ether oxygens (including phenoxy) is 2. The van der Waals surface area contributed by atoms with Crippen molar-refractivity contribution in [2.45, 2.75) is 50.9 Å². The fourth-order valence-corrected chi connectivity index (χ4v) is 3.51. The summed E-state index contributed by atoms with van der Waals surface area (Å²) < 4.78 is 11.2. The van der Waals surface area contributed by atoms with Crippen molar-refractivity contribution in [3.63, 3.8) is 0 Å². The molecule has 3 rings (SSSR count). The van der Waals surface area contributed by atoms with Crippen LogP contribution in [0.1, 0.15) is 49.3 Å². The molecule has 0 bridgehead atoms. The Morgan fingerprint density at radius 3 is 2.62 bits per heavy atom. The summed E-state index contributed by atoms with van der Waals surface area (Å²) in [5.74, 6) is 1.52. The fourth-order valence-electron chi connectivity index (χ4n) is 3.51. The Hall–Kier alpha value is -2.73. The molecule has 2 aromatic carbocycles. The molecular formula is C23H30N2O4. The predicted molar refractivity (Wildman–Crippen MR) is 112 cm³/mol. The second-order valence-corrected chi connectivity index (χ2v) is 7.38. The van der Waals surface area contributed by atoms with Gasteiger partial charge in [0, 0.05) is 13.1 Å². The highest BCUT2D eigenvalue weighted by atomic mass is 16.5. The van der Waals surface area contributed by atoms with Crippen LogP contribution in [0.4, 0.5) is 4.79 Å². The molecular weight excluding hydrogens is 368 g/mol. The third-order valence-electron chi connectivity index (χ3n) is 5.14. The monoisotopic (exact) mass is 398 g/mol. The normalized spacial score (nSPS) is 15.4. The molecule has 29 heavy (non-hydrogen) atoms. The second kappa shape index (κ2) is 10.7. The zero-order valence-electron chi connectivity index (χ0n) is 16.9. The summed E-state index contributed by atoms with van der Waals surface area (Å²) in [4.78, 5) is 12.1. The number of aliphatic hydroxyl groups excluding tert-OH is 1. The van der Waals surface area contributed by atoms with Gasteiger partial charge in [0.05, 0.1) is 19.3 Å². The van der Waals surface area contributed by atoms with Gasteiger partial charge < -0.3 is 25.2 Å². The van der Waals surface area contributed by atoms with E-state index in [4.69, 9.17) is 9.47 Å². The zero-order chi connectivity index (χ0) is 20.5. The topological polar surface area (TPSA) is 79.8 Å². The number of aliphatic hydroxyl groups is 1. The Morgan fingerprint density at radius 2 is 1.83 bits per heavy atom. The molecule has 2 aromatic rings. The molecule has 1 unspecified atom stereocenters. The third-order valence-corrected chi connectivity index (χ3v) is 5.14. The van der Waals surface area contributed by atoms with Crippen LogP contribution >= 0.6 is 0 Å². The average molecular weight is 399 g/mol. The van der Waals surface area contributed by atoms with Crippen molar-refractivity contribution in [1.29, 1.82) is 0 Å². The number of benzene rings is 2. The lowest BCUT2D eigenvalue weighted by atomic mass is 9.98. The van der Waals surface area contributed by atoms with E-state index in [1.165, 1.54) is 19.3 Å². The quantitative estimate of drug-likeness (QED) is 0.629. The van der Waals surface area contributed by atoms with E-state index in [0.29, 0.717) is 24.0 Å². The minimum atomic E-state index is -0.803. The minimum Gasteiger partial charge on any atom is -0.497 e. The van der Waals surface area contributed by atoms with Crippen LogP contribution in [0.3, 0.4) is 0 Å². The van der Waals surface area contributed by atoms with Gasteiger partial charge in [0.1, 0.15) is 11.5 Å². The summed E-state index contributed by atoms with van der Waals surface area (Å²) in [6.45, 7) is 0.507. The number of carbonyl (C=O) groups excluding carboxylic acids is 1. The molecule has 156 valence electrons. The van der Waals surface area contributed by atoms with Gasteiger partial charge in [0.15, 0.2) is 0 Å². The van der Waals surface area contributed by atoms with E-state index in [-0.39, 0.29) is 12.6 Å². The fraction of sp³-hybridized carbons (Fsp3) is 0.435. The molecule has 0 saturated heterocycles. The molecule has 0 heterocycles. The largest absolute Gasteiger partial charge is 0.497 e. The van der Waals surface area contributed by atoms with E-state index in [9.17, 15) is 9.90 Å². The van der Waals surface area contributed by atoms with E-state index in [1.54, 1.807) is 25.3 Å². The molecule has 1 aliphatic rings. The standard InChI is InChI=1S/C23H30N2O4/c1-28-20-11-6-8-18(14-20)22(26)16-25-23(27)24-15-17-7-5-12-21(13-17)29-19-9-3-2-4-10-19/h5-8,11-14,19,22,26H,2-4,9-10,15-16H2,1H3,(H2,24,25,27). The maximum Gasteiger partial charge on any atom is 0.315 e. The van der Waals surface area contributed by atoms with Gasteiger partial charge in [0.2, 0.25) is 0 Å². The summed E-state index contributed by atoms with van der Waals surface area (Å²) in [6, 6.07) is 14.7. The molecule has 0 spiro atoms. The smallest absolute Gasteiger partial charge is 0.315 e. The number of rotatable bonds is 8. The first kappa shape index (κ1) is 21.0. The Labute approximate surface area is 172 Å². The molecule has 2 amide bonds. The van der Waals surface area contributed by atoms with E-state index in [2.05, 4.69) is 10.6 Å². The first-order chi connectivity index (χ1) is 14.1. The van der Waals surface area contributed by atoms with Gasteiger partial charge in [-0.2, -0.15) is 0 Å². The van der Waals surface area contributed by atoms with Gasteiger partial charge in [-0.05, 0) is 61.1 Å². The molecule has 1 saturated carbocycles. The molecule has 1 fully saturated rings. The zero-order valence-corrected chi connectivity index (χ0v) is 16.9. The number of amides is 2. The van der Waals surface area contributed by atoms with Gasteiger partial charge in [0.25, 0.3) is 0 Å². The molecule has 1 atom stereocenters. The van der Waals surface area contributed by atoms with Gasteiger partial charge in [-0.3, -0.25) is 0 Å². The Bertz CT molecular complexity index is 790. The Morgan fingerprint density at radius 1 is 1.07 bits per heavy atom. The van der Waals surface area contributed by atoms with Crippen molar-refractivity contribution in [2.24, 2.45) is 0 Å². The van der Waals surface area contributed by atoms with Crippen molar-refractivity contribution in [2.75, 3.05) is 13.7 Å². The van der Waals surface area contributed by atoms with Crippen LogP contribution in [0.25, 0.3) is 0 Å². The van der Waals surface area contributed by atoms with Gasteiger partial charge in [-0.15, -0.1) is 0 Å². The van der Waals surface area contributed by atoms with E-state index < -0.39 is 6.10 Å². The Balaban J connectivity index is 1.43. The SMILES string of the molecule is COc1cccc(C(O)CNC(=O)NCc2cccc(OC3CCCCC3)c2)c1. The van der Waals surface area contributed by atoms with Gasteiger partial charge >= 0.3 is 6.03 Å². The van der Waals surface area contributed by atoms with Crippen molar-refractivity contribution in [3.8, 4) is 11.5 Å². The van der Waals surface area contributed by atoms with Crippen molar-refractivity contribution < 1.29 is 19.4 Å². The number of carbonyl (C=O) groups is 1. The van der Waals surface area contributed by atoms with Crippen LogP contribution in [0, 0.1) is 0 Å². The molecule has 6 heteroatoms. The first-order valence-electron chi connectivity index (χ1n) is 10.2. The number of methoxy groups -OCH3 is 1. The second-order valence-electron chi connectivity index (χ2n) is 7.38. The van der Waals surface area contributed by atoms with Gasteiger partial charge in [-0.25, -0.2) is 4.79 Å². The number of urea groups is 1. The van der Waals surface area contributed by atoms with Crippen molar-refractivity contribution >= 4 is 6.03 Å². The highest BCUT2D eigenvalue weighted by molar-refractivity contribution is 5.73. The lowest BCUT2D eigenvalue weighted by molar-refractivity contribution is 0.155. The van der Waals surface area contributed by atoms with E-state index in [0.717, 1.165) is 24.2 Å². The van der Waals surface area contributed by atoms with E-state index >= 15 is 0 Å². The highest BCUT2D eigenvalue weighted by Gasteiger charge is 2.15. The molecule has 6 nitrogen and oxygen atoms in total. The summed E-state index contributed by atoms with van der Waals surface area (Å²) >= 11 is 0. The summed E-state index contributed by atoms with van der Waals surface area (Å²) in [7, 11) is 1.58. The van der Waals surface area contributed by atoms with Crippen molar-refractivity contribution in [1.82, 2.24) is 10.6 Å². The molecule has 0 aliphatic heterocycles. The lowest BCUT2D eigenvalue weighted by Crippen LogP contribution is -2.37. The average Bonchev–Trinajstić information content (AvgIpc) is 2.77. The van der Waals surface area contributed by atoms with Crippen molar-refractivity contribution in [3.05, 3.63) is 59.7 Å². The number of hydrogen-bond donors (Lipinski definition) is 3. The van der Waals surface area contributed by atoms with E-state index in [1.807, 2.05) is 30.3 Å². The molecule has 0 aromatic heterocycles. The van der Waals surface area contributed by atoms with Crippen LogP contribution in [0.2, 0.25) is 0 Å². The number of hydrogen-bond acceptors (Lipinski definition) is 4. The maximum absolute atomic E-state index is 12.1.